The fourth-order valence-corrected chi connectivity index (χ4v) is 5.88. The van der Waals surface area contributed by atoms with E-state index in [1.165, 1.54) is 19.3 Å². The minimum absolute atomic E-state index is 0.142. The van der Waals surface area contributed by atoms with Gasteiger partial charge in [-0.1, -0.05) is 0 Å². The minimum Gasteiger partial charge on any atom is -0.465 e. The zero-order chi connectivity index (χ0) is 21.5. The highest BCUT2D eigenvalue weighted by molar-refractivity contribution is 5.97. The number of nitrogens with zero attached hydrogens (tertiary/aromatic N) is 1. The van der Waals surface area contributed by atoms with Crippen LogP contribution in [-0.4, -0.2) is 42.0 Å². The highest BCUT2D eigenvalue weighted by atomic mass is 16.6. The topological polar surface area (TPSA) is 125 Å². The molecule has 30 heavy (non-hydrogen) atoms. The van der Waals surface area contributed by atoms with E-state index in [9.17, 15) is 24.5 Å². The van der Waals surface area contributed by atoms with E-state index in [1.54, 1.807) is 0 Å². The number of non-ortho nitro benzene ring substituents is 1. The number of hydrogen-bond acceptors (Lipinski definition) is 7. The molecule has 1 aromatic rings. The molecule has 1 N–H and O–H groups in total. The second kappa shape index (κ2) is 7.70. The van der Waals surface area contributed by atoms with Gasteiger partial charge in [0, 0.05) is 17.7 Å². The summed E-state index contributed by atoms with van der Waals surface area (Å²) in [5.41, 5.74) is -0.964. The van der Waals surface area contributed by atoms with Crippen molar-refractivity contribution in [3.05, 3.63) is 39.4 Å². The Bertz CT molecular complexity index is 875. The molecule has 9 heteroatoms. The van der Waals surface area contributed by atoms with Gasteiger partial charge in [0.05, 0.1) is 23.2 Å². The summed E-state index contributed by atoms with van der Waals surface area (Å²) in [4.78, 5) is 47.0. The van der Waals surface area contributed by atoms with Crippen molar-refractivity contribution in [1.82, 2.24) is 5.32 Å². The first-order valence-corrected chi connectivity index (χ1v) is 10.1. The first-order chi connectivity index (χ1) is 14.3. The number of nitro benzene ring substituents is 1. The summed E-state index contributed by atoms with van der Waals surface area (Å²) in [6.45, 7) is -0.475. The van der Waals surface area contributed by atoms with E-state index in [-0.39, 0.29) is 22.6 Å². The molecule has 9 nitrogen and oxygen atoms in total. The van der Waals surface area contributed by atoms with Gasteiger partial charge in [-0.2, -0.15) is 0 Å². The van der Waals surface area contributed by atoms with Gasteiger partial charge in [0.1, 0.15) is 0 Å². The molecule has 0 aliphatic heterocycles. The normalized spacial score (nSPS) is 28.6. The molecule has 4 bridgehead atoms. The number of amides is 1. The zero-order valence-electron chi connectivity index (χ0n) is 16.7. The first kappa shape index (κ1) is 20.3. The van der Waals surface area contributed by atoms with Crippen LogP contribution in [-0.2, 0) is 14.3 Å². The third kappa shape index (κ3) is 4.01. The molecule has 0 atom stereocenters. The Labute approximate surface area is 173 Å². The van der Waals surface area contributed by atoms with Crippen LogP contribution in [0.4, 0.5) is 5.69 Å². The van der Waals surface area contributed by atoms with Crippen LogP contribution in [0.25, 0.3) is 0 Å². The van der Waals surface area contributed by atoms with E-state index in [1.807, 2.05) is 0 Å². The molecule has 1 amide bonds. The van der Waals surface area contributed by atoms with Crippen molar-refractivity contribution in [3.63, 3.8) is 0 Å². The molecule has 0 spiro atoms. The van der Waals surface area contributed by atoms with Gasteiger partial charge >= 0.3 is 11.9 Å². The van der Waals surface area contributed by atoms with Gasteiger partial charge in [-0.05, 0) is 62.3 Å². The molecule has 0 saturated heterocycles. The van der Waals surface area contributed by atoms with Crippen LogP contribution in [0.5, 0.6) is 0 Å². The lowest BCUT2D eigenvalue weighted by atomic mass is 9.53. The lowest BCUT2D eigenvalue weighted by Crippen LogP contribution is -2.60. The molecule has 4 aliphatic rings. The second-order valence-corrected chi connectivity index (χ2v) is 8.84. The van der Waals surface area contributed by atoms with Crippen LogP contribution in [0.3, 0.4) is 0 Å². The first-order valence-electron chi connectivity index (χ1n) is 10.1. The lowest BCUT2D eigenvalue weighted by molar-refractivity contribution is -0.384. The molecule has 0 radical (unpaired) electrons. The molecular weight excluding hydrogens is 392 g/mol. The maximum absolute atomic E-state index is 12.5. The van der Waals surface area contributed by atoms with Crippen LogP contribution in [0.1, 0.15) is 59.2 Å². The van der Waals surface area contributed by atoms with Crippen molar-refractivity contribution in [2.75, 3.05) is 13.7 Å². The van der Waals surface area contributed by atoms with Crippen LogP contribution in [0, 0.1) is 27.9 Å². The molecule has 0 aromatic heterocycles. The van der Waals surface area contributed by atoms with E-state index in [0.717, 1.165) is 44.6 Å². The van der Waals surface area contributed by atoms with Crippen molar-refractivity contribution in [3.8, 4) is 0 Å². The number of ether oxygens (including phenoxy) is 2. The van der Waals surface area contributed by atoms with Crippen molar-refractivity contribution >= 4 is 23.5 Å². The lowest BCUT2D eigenvalue weighted by Gasteiger charge is -2.56. The number of methoxy groups -OCH3 is 1. The quantitative estimate of drug-likeness (QED) is 0.429. The van der Waals surface area contributed by atoms with E-state index in [0.29, 0.717) is 17.8 Å². The number of carbonyl (C=O) groups excluding carboxylic acids is 3. The van der Waals surface area contributed by atoms with Crippen LogP contribution < -0.4 is 5.32 Å². The number of carbonyl (C=O) groups is 3. The Morgan fingerprint density at radius 2 is 1.57 bits per heavy atom. The Hall–Kier alpha value is -2.97. The summed E-state index contributed by atoms with van der Waals surface area (Å²) in [7, 11) is 1.13. The van der Waals surface area contributed by atoms with Crippen LogP contribution in [0.2, 0.25) is 0 Å². The summed E-state index contributed by atoms with van der Waals surface area (Å²) in [5.74, 6) is -0.0946. The highest BCUT2D eigenvalue weighted by Crippen LogP contribution is 2.55. The summed E-state index contributed by atoms with van der Waals surface area (Å²) < 4.78 is 9.64. The molecule has 1 aromatic carbocycles. The van der Waals surface area contributed by atoms with Crippen LogP contribution >= 0.6 is 0 Å². The predicted molar refractivity (Wildman–Crippen MR) is 104 cm³/mol. The number of benzene rings is 1. The van der Waals surface area contributed by atoms with Gasteiger partial charge in [0.25, 0.3) is 11.6 Å². The maximum atomic E-state index is 12.5. The van der Waals surface area contributed by atoms with Gasteiger partial charge in [-0.25, -0.2) is 9.59 Å². The predicted octanol–water partition coefficient (Wildman–Crippen LogP) is 2.62. The summed E-state index contributed by atoms with van der Waals surface area (Å²) >= 11 is 0. The third-order valence-corrected chi connectivity index (χ3v) is 6.56. The van der Waals surface area contributed by atoms with Crippen molar-refractivity contribution in [2.24, 2.45) is 17.8 Å². The average molecular weight is 416 g/mol. The van der Waals surface area contributed by atoms with Gasteiger partial charge in [-0.15, -0.1) is 0 Å². The fourth-order valence-electron chi connectivity index (χ4n) is 5.88. The molecule has 4 saturated carbocycles. The van der Waals surface area contributed by atoms with Gasteiger partial charge in [-0.3, -0.25) is 14.9 Å². The SMILES string of the molecule is COC(=O)c1cc(C(=O)OCC(=O)NC23CC4CC(CC(C4)C2)C3)cc([N+](=O)[O-])c1. The molecule has 4 aliphatic carbocycles. The Kier molecular flexibility index (Phi) is 5.21. The maximum Gasteiger partial charge on any atom is 0.338 e. The molecule has 160 valence electrons. The van der Waals surface area contributed by atoms with Gasteiger partial charge in [0.2, 0.25) is 0 Å². The summed E-state index contributed by atoms with van der Waals surface area (Å²) in [5, 5.41) is 14.2. The van der Waals surface area contributed by atoms with E-state index >= 15 is 0 Å². The molecule has 0 unspecified atom stereocenters. The largest absolute Gasteiger partial charge is 0.465 e. The zero-order valence-corrected chi connectivity index (χ0v) is 16.7. The standard InChI is InChI=1S/C21H24N2O7/c1-29-19(25)15-5-16(7-17(6-15)23(27)28)20(26)30-11-18(24)22-21-8-12-2-13(9-21)4-14(3-12)10-21/h5-7,12-14H,2-4,8-11H2,1H3,(H,22,24). The Morgan fingerprint density at radius 3 is 2.07 bits per heavy atom. The molecule has 4 fully saturated rings. The highest BCUT2D eigenvalue weighted by Gasteiger charge is 2.51. The average Bonchev–Trinajstić information content (AvgIpc) is 2.69. The fraction of sp³-hybridized carbons (Fsp3) is 0.571. The monoisotopic (exact) mass is 416 g/mol. The van der Waals surface area contributed by atoms with E-state index in [4.69, 9.17) is 4.74 Å². The van der Waals surface area contributed by atoms with E-state index in [2.05, 4.69) is 10.1 Å². The van der Waals surface area contributed by atoms with Crippen molar-refractivity contribution < 1.29 is 28.8 Å². The summed E-state index contributed by atoms with van der Waals surface area (Å²) in [6, 6.07) is 3.17. The second-order valence-electron chi connectivity index (χ2n) is 8.84. The van der Waals surface area contributed by atoms with Crippen molar-refractivity contribution in [1.29, 1.82) is 0 Å². The molecular formula is C21H24N2O7. The van der Waals surface area contributed by atoms with Gasteiger partial charge < -0.3 is 14.8 Å². The minimum atomic E-state index is -0.912. The number of nitrogens with one attached hydrogen (secondary N) is 1. The van der Waals surface area contributed by atoms with Crippen LogP contribution in [0.15, 0.2) is 18.2 Å². The Balaban J connectivity index is 1.40. The Morgan fingerprint density at radius 1 is 1.03 bits per heavy atom. The molecule has 5 rings (SSSR count). The number of esters is 2. The number of rotatable bonds is 6. The number of hydrogen-bond donors (Lipinski definition) is 1. The summed E-state index contributed by atoms with van der Waals surface area (Å²) in [6.07, 6.45) is 6.68. The molecule has 0 heterocycles. The smallest absolute Gasteiger partial charge is 0.338 e. The third-order valence-electron chi connectivity index (χ3n) is 6.56. The van der Waals surface area contributed by atoms with Gasteiger partial charge in [0.15, 0.2) is 6.61 Å². The van der Waals surface area contributed by atoms with E-state index < -0.39 is 29.2 Å². The van der Waals surface area contributed by atoms with Crippen molar-refractivity contribution in [2.45, 2.75) is 44.1 Å². The number of nitro groups is 1.